The van der Waals surface area contributed by atoms with E-state index in [0.717, 1.165) is 0 Å². The van der Waals surface area contributed by atoms with Crippen LogP contribution in [0.4, 0.5) is 4.39 Å². The molecule has 0 radical (unpaired) electrons. The summed E-state index contributed by atoms with van der Waals surface area (Å²) in [6.07, 6.45) is 0.340. The molecule has 2 aromatic rings. The van der Waals surface area contributed by atoms with E-state index in [1.54, 1.807) is 42.5 Å². The van der Waals surface area contributed by atoms with E-state index in [0.29, 0.717) is 12.0 Å². The quantitative estimate of drug-likeness (QED) is 0.816. The maximum absolute atomic E-state index is 14.1. The van der Waals surface area contributed by atoms with Crippen molar-refractivity contribution in [3.63, 3.8) is 0 Å². The molecule has 3 rings (SSSR count). The number of benzene rings is 2. The van der Waals surface area contributed by atoms with Crippen LogP contribution in [0.1, 0.15) is 22.3 Å². The molecule has 1 saturated heterocycles. The number of carbonyl (C=O) groups is 1. The van der Waals surface area contributed by atoms with Crippen molar-refractivity contribution < 1.29 is 17.6 Å². The summed E-state index contributed by atoms with van der Waals surface area (Å²) in [6.45, 7) is -0.00306. The lowest BCUT2D eigenvalue weighted by Crippen LogP contribution is -2.41. The molecule has 0 unspecified atom stereocenters. The summed E-state index contributed by atoms with van der Waals surface area (Å²) in [4.78, 5) is 14.4. The van der Waals surface area contributed by atoms with Crippen LogP contribution < -0.4 is 0 Å². The average molecular weight is 382 g/mol. The lowest BCUT2D eigenvalue weighted by Gasteiger charge is -2.29. The highest BCUT2D eigenvalue weighted by Crippen LogP contribution is 2.25. The second-order valence-electron chi connectivity index (χ2n) is 6.06. The van der Waals surface area contributed by atoms with Crippen molar-refractivity contribution in [3.8, 4) is 0 Å². The second-order valence-corrected chi connectivity index (χ2v) is 8.70. The molecule has 0 aliphatic carbocycles. The average Bonchev–Trinajstić information content (AvgIpc) is 2.94. The smallest absolute Gasteiger partial charge is 0.255 e. The summed E-state index contributed by atoms with van der Waals surface area (Å²) in [5.41, 5.74) is 0.622. The van der Waals surface area contributed by atoms with Gasteiger partial charge in [0.05, 0.1) is 22.1 Å². The van der Waals surface area contributed by atoms with Crippen molar-refractivity contribution in [2.24, 2.45) is 0 Å². The maximum atomic E-state index is 14.1. The number of sulfone groups is 1. The molecule has 25 heavy (non-hydrogen) atoms. The van der Waals surface area contributed by atoms with Gasteiger partial charge in [-0.05, 0) is 24.6 Å². The molecule has 1 fully saturated rings. The molecule has 1 amide bonds. The highest BCUT2D eigenvalue weighted by atomic mass is 35.5. The van der Waals surface area contributed by atoms with Gasteiger partial charge in [-0.2, -0.15) is 0 Å². The third kappa shape index (κ3) is 4.02. The predicted molar refractivity (Wildman–Crippen MR) is 94.8 cm³/mol. The monoisotopic (exact) mass is 381 g/mol. The Hall–Kier alpha value is -1.92. The Morgan fingerprint density at radius 3 is 2.48 bits per heavy atom. The number of hydrogen-bond donors (Lipinski definition) is 0. The van der Waals surface area contributed by atoms with Gasteiger partial charge in [-0.3, -0.25) is 4.79 Å². The summed E-state index contributed by atoms with van der Waals surface area (Å²) in [7, 11) is -3.19. The number of nitrogens with zero attached hydrogens (tertiary/aromatic N) is 1. The summed E-state index contributed by atoms with van der Waals surface area (Å²) < 4.78 is 37.8. The van der Waals surface area contributed by atoms with Gasteiger partial charge in [0, 0.05) is 18.2 Å². The Morgan fingerprint density at radius 2 is 1.84 bits per heavy atom. The zero-order chi connectivity index (χ0) is 18.0. The standard InChI is InChI=1S/C18H17ClFNO3S/c19-16-7-3-2-6-15(16)18(22)21(14-9-10-25(23,24)12-14)11-13-5-1-4-8-17(13)20/h1-8,14H,9-12H2/t14-/m1/s1. The first-order valence-corrected chi connectivity index (χ1v) is 10.1. The van der Waals surface area contributed by atoms with Crippen LogP contribution in [0.3, 0.4) is 0 Å². The summed E-state index contributed by atoms with van der Waals surface area (Å²) in [6, 6.07) is 12.2. The molecular weight excluding hydrogens is 365 g/mol. The molecule has 1 atom stereocenters. The Morgan fingerprint density at radius 1 is 1.16 bits per heavy atom. The Balaban J connectivity index is 1.96. The summed E-state index contributed by atoms with van der Waals surface area (Å²) in [5, 5.41) is 0.284. The number of hydrogen-bond acceptors (Lipinski definition) is 3. The van der Waals surface area contributed by atoms with Crippen LogP contribution >= 0.6 is 11.6 Å². The molecule has 2 aromatic carbocycles. The lowest BCUT2D eigenvalue weighted by atomic mass is 10.1. The van der Waals surface area contributed by atoms with Crippen LogP contribution in [0.15, 0.2) is 48.5 Å². The number of rotatable bonds is 4. The fourth-order valence-electron chi connectivity index (χ4n) is 2.99. The van der Waals surface area contributed by atoms with E-state index in [4.69, 9.17) is 11.6 Å². The molecule has 1 aliphatic rings. The molecule has 7 heteroatoms. The van der Waals surface area contributed by atoms with E-state index in [1.807, 2.05) is 0 Å². The minimum atomic E-state index is -3.19. The Kier molecular flexibility index (Phi) is 5.11. The van der Waals surface area contributed by atoms with Crippen LogP contribution in [0, 0.1) is 5.82 Å². The van der Waals surface area contributed by atoms with Gasteiger partial charge in [-0.1, -0.05) is 41.9 Å². The largest absolute Gasteiger partial charge is 0.330 e. The molecule has 1 heterocycles. The number of halogens is 2. The fourth-order valence-corrected chi connectivity index (χ4v) is 4.93. The van der Waals surface area contributed by atoms with E-state index in [-0.39, 0.29) is 28.6 Å². The van der Waals surface area contributed by atoms with Crippen molar-refractivity contribution in [1.29, 1.82) is 0 Å². The Bertz CT molecular complexity index is 901. The maximum Gasteiger partial charge on any atom is 0.255 e. The fraction of sp³-hybridized carbons (Fsp3) is 0.278. The summed E-state index contributed by atoms with van der Waals surface area (Å²) >= 11 is 6.12. The van der Waals surface area contributed by atoms with Crippen LogP contribution in [0.25, 0.3) is 0 Å². The van der Waals surface area contributed by atoms with Crippen molar-refractivity contribution in [2.45, 2.75) is 19.0 Å². The van der Waals surface area contributed by atoms with Crippen molar-refractivity contribution in [3.05, 3.63) is 70.5 Å². The first-order chi connectivity index (χ1) is 11.9. The molecule has 0 spiro atoms. The van der Waals surface area contributed by atoms with Crippen LogP contribution in [0.2, 0.25) is 5.02 Å². The highest BCUT2D eigenvalue weighted by molar-refractivity contribution is 7.91. The van der Waals surface area contributed by atoms with E-state index in [1.165, 1.54) is 11.0 Å². The zero-order valence-electron chi connectivity index (χ0n) is 13.4. The summed E-state index contributed by atoms with van der Waals surface area (Å²) in [5.74, 6) is -0.907. The zero-order valence-corrected chi connectivity index (χ0v) is 14.9. The van der Waals surface area contributed by atoms with Crippen molar-refractivity contribution >= 4 is 27.3 Å². The van der Waals surface area contributed by atoms with Crippen molar-refractivity contribution in [2.75, 3.05) is 11.5 Å². The molecule has 1 aliphatic heterocycles. The van der Waals surface area contributed by atoms with Gasteiger partial charge in [-0.15, -0.1) is 0 Å². The molecule has 132 valence electrons. The SMILES string of the molecule is O=C(c1ccccc1Cl)N(Cc1ccccc1F)[C@@H]1CCS(=O)(=O)C1. The van der Waals surface area contributed by atoms with Gasteiger partial charge < -0.3 is 4.90 Å². The van der Waals surface area contributed by atoms with Gasteiger partial charge in [0.25, 0.3) is 5.91 Å². The predicted octanol–water partition coefficient (Wildman–Crippen LogP) is 3.31. The molecule has 0 N–H and O–H groups in total. The van der Waals surface area contributed by atoms with Gasteiger partial charge >= 0.3 is 0 Å². The van der Waals surface area contributed by atoms with E-state index >= 15 is 0 Å². The normalized spacial score (nSPS) is 18.9. The van der Waals surface area contributed by atoms with Gasteiger partial charge in [0.15, 0.2) is 9.84 Å². The highest BCUT2D eigenvalue weighted by Gasteiger charge is 2.35. The van der Waals surface area contributed by atoms with E-state index < -0.39 is 27.6 Å². The topological polar surface area (TPSA) is 54.5 Å². The van der Waals surface area contributed by atoms with Gasteiger partial charge in [0.1, 0.15) is 5.82 Å². The molecule has 0 saturated carbocycles. The van der Waals surface area contributed by atoms with Gasteiger partial charge in [0.2, 0.25) is 0 Å². The minimum absolute atomic E-state index is 0.00306. The molecular formula is C18H17ClFNO3S. The number of amides is 1. The van der Waals surface area contributed by atoms with Crippen LogP contribution in [0.5, 0.6) is 0 Å². The second kappa shape index (κ2) is 7.14. The Labute approximate surface area is 151 Å². The van der Waals surface area contributed by atoms with Crippen LogP contribution in [-0.4, -0.2) is 36.8 Å². The third-order valence-corrected chi connectivity index (χ3v) is 6.39. The minimum Gasteiger partial charge on any atom is -0.330 e. The van der Waals surface area contributed by atoms with E-state index in [2.05, 4.69) is 0 Å². The molecule has 0 bridgehead atoms. The first-order valence-electron chi connectivity index (χ1n) is 7.87. The number of carbonyl (C=O) groups excluding carboxylic acids is 1. The van der Waals surface area contributed by atoms with E-state index in [9.17, 15) is 17.6 Å². The van der Waals surface area contributed by atoms with Gasteiger partial charge in [-0.25, -0.2) is 12.8 Å². The van der Waals surface area contributed by atoms with Crippen molar-refractivity contribution in [1.82, 2.24) is 4.90 Å². The first kappa shape index (κ1) is 17.9. The lowest BCUT2D eigenvalue weighted by molar-refractivity contribution is 0.0679. The molecule has 4 nitrogen and oxygen atoms in total. The van der Waals surface area contributed by atoms with Crippen LogP contribution in [-0.2, 0) is 16.4 Å². The third-order valence-electron chi connectivity index (χ3n) is 4.31. The molecule has 0 aromatic heterocycles.